The average molecular weight is 390 g/mol. The first-order chi connectivity index (χ1) is 13.7. The largest absolute Gasteiger partial charge is 0.334 e. The fourth-order valence-corrected chi connectivity index (χ4v) is 2.87. The number of nitrogens with one attached hydrogen (secondary N) is 1. The van der Waals surface area contributed by atoms with Gasteiger partial charge in [-0.3, -0.25) is 4.79 Å². The van der Waals surface area contributed by atoms with Crippen molar-refractivity contribution in [1.29, 1.82) is 0 Å². The summed E-state index contributed by atoms with van der Waals surface area (Å²) in [7, 11) is 0. The second kappa shape index (κ2) is 8.06. The summed E-state index contributed by atoms with van der Waals surface area (Å²) in [6, 6.07) is 24.1. The van der Waals surface area contributed by atoms with Gasteiger partial charge in [-0.15, -0.1) is 0 Å². The molecule has 1 heterocycles. The highest BCUT2D eigenvalue weighted by Gasteiger charge is 2.11. The fourth-order valence-electron chi connectivity index (χ4n) is 2.74. The van der Waals surface area contributed by atoms with Crippen LogP contribution in [0, 0.1) is 0 Å². The zero-order valence-electron chi connectivity index (χ0n) is 14.8. The topological polar surface area (TPSA) is 68.0 Å². The zero-order chi connectivity index (χ0) is 19.3. The molecule has 0 atom stereocenters. The Bertz CT molecular complexity index is 1070. The van der Waals surface area contributed by atoms with Crippen LogP contribution in [-0.2, 0) is 11.2 Å². The van der Waals surface area contributed by atoms with Crippen molar-refractivity contribution in [3.05, 3.63) is 89.4 Å². The van der Waals surface area contributed by atoms with Gasteiger partial charge in [-0.05, 0) is 54.1 Å². The maximum absolute atomic E-state index is 12.2. The van der Waals surface area contributed by atoms with Crippen molar-refractivity contribution in [3.63, 3.8) is 0 Å². The standard InChI is InChI=1S/C22H16ClN3O2/c23-18-10-6-16(7-11-18)21-25-22(28-26-21)17-8-12-19(13-9-17)24-20(27)14-15-4-2-1-3-5-15/h1-13H,14H2,(H,24,27). The summed E-state index contributed by atoms with van der Waals surface area (Å²) < 4.78 is 5.35. The van der Waals surface area contributed by atoms with Gasteiger partial charge in [0.05, 0.1) is 6.42 Å². The molecule has 4 rings (SSSR count). The number of hydrogen-bond donors (Lipinski definition) is 1. The molecule has 6 heteroatoms. The molecule has 0 saturated heterocycles. The van der Waals surface area contributed by atoms with E-state index in [4.69, 9.17) is 16.1 Å². The van der Waals surface area contributed by atoms with Crippen molar-refractivity contribution in [3.8, 4) is 22.8 Å². The highest BCUT2D eigenvalue weighted by molar-refractivity contribution is 6.30. The van der Waals surface area contributed by atoms with E-state index in [1.165, 1.54) is 0 Å². The lowest BCUT2D eigenvalue weighted by atomic mass is 10.1. The van der Waals surface area contributed by atoms with E-state index in [2.05, 4.69) is 15.5 Å². The summed E-state index contributed by atoms with van der Waals surface area (Å²) >= 11 is 5.90. The van der Waals surface area contributed by atoms with Crippen molar-refractivity contribution < 1.29 is 9.32 Å². The minimum atomic E-state index is -0.0678. The third-order valence-electron chi connectivity index (χ3n) is 4.15. The van der Waals surface area contributed by atoms with Crippen LogP contribution in [0.2, 0.25) is 5.02 Å². The Labute approximate surface area is 167 Å². The first-order valence-corrected chi connectivity index (χ1v) is 9.09. The van der Waals surface area contributed by atoms with Crippen LogP contribution in [0.5, 0.6) is 0 Å². The van der Waals surface area contributed by atoms with Gasteiger partial charge in [0.25, 0.3) is 5.89 Å². The normalized spacial score (nSPS) is 10.6. The van der Waals surface area contributed by atoms with Crippen LogP contribution < -0.4 is 5.32 Å². The number of halogens is 1. The van der Waals surface area contributed by atoms with Crippen LogP contribution in [0.1, 0.15) is 5.56 Å². The van der Waals surface area contributed by atoms with E-state index in [1.807, 2.05) is 66.7 Å². The maximum atomic E-state index is 12.2. The number of amides is 1. The molecule has 1 amide bonds. The molecule has 5 nitrogen and oxygen atoms in total. The van der Waals surface area contributed by atoms with E-state index >= 15 is 0 Å². The first kappa shape index (κ1) is 17.9. The lowest BCUT2D eigenvalue weighted by Gasteiger charge is -2.05. The number of nitrogens with zero attached hydrogens (tertiary/aromatic N) is 2. The Kier molecular flexibility index (Phi) is 5.17. The van der Waals surface area contributed by atoms with Crippen LogP contribution in [0.25, 0.3) is 22.8 Å². The van der Waals surface area contributed by atoms with Gasteiger partial charge in [0, 0.05) is 21.8 Å². The summed E-state index contributed by atoms with van der Waals surface area (Å²) in [5.74, 6) is 0.834. The van der Waals surface area contributed by atoms with Gasteiger partial charge in [-0.25, -0.2) is 0 Å². The first-order valence-electron chi connectivity index (χ1n) is 8.71. The van der Waals surface area contributed by atoms with Crippen molar-refractivity contribution >= 4 is 23.2 Å². The third-order valence-corrected chi connectivity index (χ3v) is 4.40. The Morgan fingerprint density at radius 3 is 2.29 bits per heavy atom. The van der Waals surface area contributed by atoms with Crippen LogP contribution >= 0.6 is 11.6 Å². The summed E-state index contributed by atoms with van der Waals surface area (Å²) in [6.07, 6.45) is 0.330. The summed E-state index contributed by atoms with van der Waals surface area (Å²) in [6.45, 7) is 0. The van der Waals surface area contributed by atoms with E-state index in [9.17, 15) is 4.79 Å². The van der Waals surface area contributed by atoms with Crippen molar-refractivity contribution in [2.75, 3.05) is 5.32 Å². The number of hydrogen-bond acceptors (Lipinski definition) is 4. The Morgan fingerprint density at radius 2 is 1.57 bits per heavy atom. The van der Waals surface area contributed by atoms with Gasteiger partial charge in [-0.2, -0.15) is 4.98 Å². The number of anilines is 1. The number of aromatic nitrogens is 2. The molecular formula is C22H16ClN3O2. The van der Waals surface area contributed by atoms with Crippen LogP contribution in [-0.4, -0.2) is 16.0 Å². The molecule has 0 saturated carbocycles. The summed E-state index contributed by atoms with van der Waals surface area (Å²) in [5, 5.41) is 7.55. The van der Waals surface area contributed by atoms with E-state index in [1.54, 1.807) is 12.1 Å². The highest BCUT2D eigenvalue weighted by atomic mass is 35.5. The molecule has 0 aliphatic rings. The molecule has 0 bridgehead atoms. The highest BCUT2D eigenvalue weighted by Crippen LogP contribution is 2.24. The SMILES string of the molecule is O=C(Cc1ccccc1)Nc1ccc(-c2nc(-c3ccc(Cl)cc3)no2)cc1. The van der Waals surface area contributed by atoms with E-state index in [-0.39, 0.29) is 5.91 Å². The van der Waals surface area contributed by atoms with Gasteiger partial charge in [0.1, 0.15) is 0 Å². The van der Waals surface area contributed by atoms with Gasteiger partial charge in [-0.1, -0.05) is 47.1 Å². The molecule has 0 spiro atoms. The zero-order valence-corrected chi connectivity index (χ0v) is 15.6. The molecule has 0 radical (unpaired) electrons. The van der Waals surface area contributed by atoms with E-state index in [0.717, 1.165) is 16.7 Å². The summed E-state index contributed by atoms with van der Waals surface area (Å²) in [5.41, 5.74) is 3.28. The lowest BCUT2D eigenvalue weighted by molar-refractivity contribution is -0.115. The number of carbonyl (C=O) groups is 1. The minimum Gasteiger partial charge on any atom is -0.334 e. The summed E-state index contributed by atoms with van der Waals surface area (Å²) in [4.78, 5) is 16.6. The molecule has 28 heavy (non-hydrogen) atoms. The minimum absolute atomic E-state index is 0.0678. The smallest absolute Gasteiger partial charge is 0.258 e. The molecule has 138 valence electrons. The number of rotatable bonds is 5. The Balaban J connectivity index is 1.43. The molecule has 0 aliphatic heterocycles. The predicted molar refractivity (Wildman–Crippen MR) is 109 cm³/mol. The Morgan fingerprint density at radius 1 is 0.893 bits per heavy atom. The van der Waals surface area contributed by atoms with Crippen molar-refractivity contribution in [2.24, 2.45) is 0 Å². The molecule has 0 fully saturated rings. The average Bonchev–Trinajstić information content (AvgIpc) is 3.20. The molecule has 3 aromatic carbocycles. The van der Waals surface area contributed by atoms with E-state index < -0.39 is 0 Å². The lowest BCUT2D eigenvalue weighted by Crippen LogP contribution is -2.14. The molecule has 1 N–H and O–H groups in total. The molecule has 0 unspecified atom stereocenters. The molecular weight excluding hydrogens is 374 g/mol. The predicted octanol–water partition coefficient (Wildman–Crippen LogP) is 5.24. The second-order valence-corrected chi connectivity index (χ2v) is 6.65. The quantitative estimate of drug-likeness (QED) is 0.507. The maximum Gasteiger partial charge on any atom is 0.258 e. The molecule has 0 aliphatic carbocycles. The van der Waals surface area contributed by atoms with Crippen LogP contribution in [0.3, 0.4) is 0 Å². The number of carbonyl (C=O) groups excluding carboxylic acids is 1. The van der Waals surface area contributed by atoms with Gasteiger partial charge >= 0.3 is 0 Å². The number of benzene rings is 3. The second-order valence-electron chi connectivity index (χ2n) is 6.22. The van der Waals surface area contributed by atoms with Gasteiger partial charge < -0.3 is 9.84 Å². The fraction of sp³-hybridized carbons (Fsp3) is 0.0455. The van der Waals surface area contributed by atoms with Gasteiger partial charge in [0.15, 0.2) is 0 Å². The molecule has 1 aromatic heterocycles. The monoisotopic (exact) mass is 389 g/mol. The van der Waals surface area contributed by atoms with E-state index in [0.29, 0.717) is 28.8 Å². The molecule has 4 aromatic rings. The Hall–Kier alpha value is -3.44. The van der Waals surface area contributed by atoms with Crippen LogP contribution in [0.15, 0.2) is 83.4 Å². The van der Waals surface area contributed by atoms with Crippen molar-refractivity contribution in [2.45, 2.75) is 6.42 Å². The van der Waals surface area contributed by atoms with Gasteiger partial charge in [0.2, 0.25) is 11.7 Å². The van der Waals surface area contributed by atoms with Crippen LogP contribution in [0.4, 0.5) is 5.69 Å². The van der Waals surface area contributed by atoms with Crippen molar-refractivity contribution in [1.82, 2.24) is 10.1 Å². The third kappa shape index (κ3) is 4.27.